The molecule has 2 rings (SSSR count). The lowest BCUT2D eigenvalue weighted by molar-refractivity contribution is 0.252. The molecule has 5 nitrogen and oxygen atoms in total. The molecule has 2 heterocycles. The lowest BCUT2D eigenvalue weighted by atomic mass is 10.0. The SMILES string of the molecule is CCCNc1ncnc(N(C)C2CCN(C)CC2)c1C. The van der Waals surface area contributed by atoms with Crippen molar-refractivity contribution in [2.75, 3.05) is 43.9 Å². The largest absolute Gasteiger partial charge is 0.370 e. The Labute approximate surface area is 122 Å². The Morgan fingerprint density at radius 1 is 1.35 bits per heavy atom. The summed E-state index contributed by atoms with van der Waals surface area (Å²) in [5.74, 6) is 2.03. The Hall–Kier alpha value is -1.36. The maximum atomic E-state index is 4.50. The standard InChI is InChI=1S/C15H27N5/c1-5-8-16-14-12(2)15(18-11-17-14)20(4)13-6-9-19(3)10-7-13/h11,13H,5-10H2,1-4H3,(H,16,17,18). The van der Waals surface area contributed by atoms with E-state index < -0.39 is 0 Å². The van der Waals surface area contributed by atoms with E-state index >= 15 is 0 Å². The molecule has 1 aliphatic rings. The summed E-state index contributed by atoms with van der Waals surface area (Å²) in [5.41, 5.74) is 1.15. The Morgan fingerprint density at radius 2 is 2.05 bits per heavy atom. The monoisotopic (exact) mass is 277 g/mol. The van der Waals surface area contributed by atoms with Crippen LogP contribution in [0.4, 0.5) is 11.6 Å². The van der Waals surface area contributed by atoms with Gasteiger partial charge in [0, 0.05) is 25.2 Å². The lowest BCUT2D eigenvalue weighted by Gasteiger charge is -2.36. The maximum absolute atomic E-state index is 4.50. The van der Waals surface area contributed by atoms with Gasteiger partial charge in [-0.15, -0.1) is 0 Å². The number of likely N-dealkylation sites (tertiary alicyclic amines) is 1. The molecular formula is C15H27N5. The first-order valence-electron chi connectivity index (χ1n) is 7.60. The van der Waals surface area contributed by atoms with Gasteiger partial charge in [0.15, 0.2) is 0 Å². The molecule has 1 aliphatic heterocycles. The molecule has 0 saturated carbocycles. The fourth-order valence-corrected chi connectivity index (χ4v) is 2.77. The van der Waals surface area contributed by atoms with Crippen LogP contribution in [0, 0.1) is 6.92 Å². The summed E-state index contributed by atoms with van der Waals surface area (Å²) in [7, 11) is 4.36. The van der Waals surface area contributed by atoms with Crippen molar-refractivity contribution in [3.8, 4) is 0 Å². The first-order chi connectivity index (χ1) is 9.63. The molecule has 20 heavy (non-hydrogen) atoms. The first kappa shape index (κ1) is 15.0. The van der Waals surface area contributed by atoms with Crippen molar-refractivity contribution in [1.82, 2.24) is 14.9 Å². The van der Waals surface area contributed by atoms with E-state index in [1.807, 2.05) is 0 Å². The predicted octanol–water partition coefficient (Wildman–Crippen LogP) is 2.14. The second-order valence-electron chi connectivity index (χ2n) is 5.74. The van der Waals surface area contributed by atoms with E-state index in [1.165, 1.54) is 25.9 Å². The normalized spacial score (nSPS) is 17.2. The summed E-state index contributed by atoms with van der Waals surface area (Å²) in [6.45, 7) is 7.56. The molecule has 1 fully saturated rings. The molecule has 1 saturated heterocycles. The van der Waals surface area contributed by atoms with Crippen molar-refractivity contribution in [1.29, 1.82) is 0 Å². The van der Waals surface area contributed by atoms with Crippen molar-refractivity contribution >= 4 is 11.6 Å². The molecule has 0 radical (unpaired) electrons. The molecule has 0 amide bonds. The predicted molar refractivity (Wildman–Crippen MR) is 84.5 cm³/mol. The van der Waals surface area contributed by atoms with Gasteiger partial charge in [-0.3, -0.25) is 0 Å². The van der Waals surface area contributed by atoms with E-state index in [0.29, 0.717) is 6.04 Å². The Morgan fingerprint density at radius 3 is 2.70 bits per heavy atom. The highest BCUT2D eigenvalue weighted by atomic mass is 15.2. The van der Waals surface area contributed by atoms with E-state index in [1.54, 1.807) is 6.33 Å². The molecule has 5 heteroatoms. The smallest absolute Gasteiger partial charge is 0.137 e. The molecule has 1 aromatic rings. The molecule has 1 aromatic heterocycles. The molecule has 0 spiro atoms. The van der Waals surface area contributed by atoms with E-state index in [9.17, 15) is 0 Å². The van der Waals surface area contributed by atoms with Crippen molar-refractivity contribution in [2.24, 2.45) is 0 Å². The number of piperidine rings is 1. The van der Waals surface area contributed by atoms with Crippen molar-refractivity contribution < 1.29 is 0 Å². The van der Waals surface area contributed by atoms with Crippen LogP contribution in [-0.2, 0) is 0 Å². The Kier molecular flexibility index (Phi) is 5.17. The van der Waals surface area contributed by atoms with E-state index in [0.717, 1.165) is 30.2 Å². The van der Waals surface area contributed by atoms with Crippen molar-refractivity contribution in [2.45, 2.75) is 39.2 Å². The number of aromatic nitrogens is 2. The van der Waals surface area contributed by atoms with Gasteiger partial charge in [0.2, 0.25) is 0 Å². The van der Waals surface area contributed by atoms with Gasteiger partial charge in [-0.05, 0) is 46.3 Å². The van der Waals surface area contributed by atoms with Crippen LogP contribution in [0.25, 0.3) is 0 Å². The second kappa shape index (κ2) is 6.88. The minimum absolute atomic E-state index is 0.582. The van der Waals surface area contributed by atoms with Crippen LogP contribution >= 0.6 is 0 Å². The van der Waals surface area contributed by atoms with Gasteiger partial charge in [-0.1, -0.05) is 6.92 Å². The van der Waals surface area contributed by atoms with Gasteiger partial charge in [0.25, 0.3) is 0 Å². The third-order valence-corrected chi connectivity index (χ3v) is 4.17. The number of nitrogens with one attached hydrogen (secondary N) is 1. The number of anilines is 2. The summed E-state index contributed by atoms with van der Waals surface area (Å²) >= 11 is 0. The molecule has 0 atom stereocenters. The maximum Gasteiger partial charge on any atom is 0.137 e. The molecule has 0 unspecified atom stereocenters. The fourth-order valence-electron chi connectivity index (χ4n) is 2.77. The molecule has 1 N–H and O–H groups in total. The summed E-state index contributed by atoms with van der Waals surface area (Å²) in [5, 5.41) is 3.38. The molecule has 0 aromatic carbocycles. The molecule has 112 valence electrons. The average Bonchev–Trinajstić information content (AvgIpc) is 2.46. The van der Waals surface area contributed by atoms with Crippen LogP contribution in [-0.4, -0.2) is 54.6 Å². The average molecular weight is 277 g/mol. The van der Waals surface area contributed by atoms with Crippen molar-refractivity contribution in [3.63, 3.8) is 0 Å². The number of hydrogen-bond donors (Lipinski definition) is 1. The van der Waals surface area contributed by atoms with Gasteiger partial charge < -0.3 is 15.1 Å². The highest BCUT2D eigenvalue weighted by molar-refractivity contribution is 5.58. The molecular weight excluding hydrogens is 250 g/mol. The van der Waals surface area contributed by atoms with Crippen LogP contribution < -0.4 is 10.2 Å². The van der Waals surface area contributed by atoms with Crippen LogP contribution in [0.15, 0.2) is 6.33 Å². The van der Waals surface area contributed by atoms with E-state index in [2.05, 4.69) is 53.0 Å². The van der Waals surface area contributed by atoms with E-state index in [4.69, 9.17) is 0 Å². The number of hydrogen-bond acceptors (Lipinski definition) is 5. The van der Waals surface area contributed by atoms with Crippen LogP contribution in [0.3, 0.4) is 0 Å². The summed E-state index contributed by atoms with van der Waals surface area (Å²) in [4.78, 5) is 13.6. The van der Waals surface area contributed by atoms with Gasteiger partial charge in [0.1, 0.15) is 18.0 Å². The summed E-state index contributed by atoms with van der Waals surface area (Å²) in [6, 6.07) is 0.582. The zero-order chi connectivity index (χ0) is 14.5. The summed E-state index contributed by atoms with van der Waals surface area (Å²) < 4.78 is 0. The molecule has 0 bridgehead atoms. The fraction of sp³-hybridized carbons (Fsp3) is 0.733. The number of rotatable bonds is 5. The zero-order valence-electron chi connectivity index (χ0n) is 13.2. The Bertz CT molecular complexity index is 426. The minimum Gasteiger partial charge on any atom is -0.370 e. The first-order valence-corrected chi connectivity index (χ1v) is 7.60. The quantitative estimate of drug-likeness (QED) is 0.893. The van der Waals surface area contributed by atoms with Crippen LogP contribution in [0.2, 0.25) is 0 Å². The van der Waals surface area contributed by atoms with Gasteiger partial charge in [-0.2, -0.15) is 0 Å². The lowest BCUT2D eigenvalue weighted by Crippen LogP contribution is -2.42. The summed E-state index contributed by atoms with van der Waals surface area (Å²) in [6.07, 6.45) is 5.18. The second-order valence-corrected chi connectivity index (χ2v) is 5.74. The van der Waals surface area contributed by atoms with Gasteiger partial charge >= 0.3 is 0 Å². The topological polar surface area (TPSA) is 44.3 Å². The number of nitrogens with zero attached hydrogens (tertiary/aromatic N) is 4. The minimum atomic E-state index is 0.582. The van der Waals surface area contributed by atoms with E-state index in [-0.39, 0.29) is 0 Å². The van der Waals surface area contributed by atoms with Crippen LogP contribution in [0.1, 0.15) is 31.7 Å². The third-order valence-electron chi connectivity index (χ3n) is 4.17. The van der Waals surface area contributed by atoms with Crippen LogP contribution in [0.5, 0.6) is 0 Å². The highest BCUT2D eigenvalue weighted by Gasteiger charge is 2.23. The zero-order valence-corrected chi connectivity index (χ0v) is 13.2. The van der Waals surface area contributed by atoms with Gasteiger partial charge in [-0.25, -0.2) is 9.97 Å². The Balaban J connectivity index is 2.11. The third kappa shape index (κ3) is 3.39. The van der Waals surface area contributed by atoms with Crippen molar-refractivity contribution in [3.05, 3.63) is 11.9 Å². The highest BCUT2D eigenvalue weighted by Crippen LogP contribution is 2.25. The van der Waals surface area contributed by atoms with Gasteiger partial charge in [0.05, 0.1) is 0 Å². The molecule has 0 aliphatic carbocycles.